The molecule has 3 aromatic rings. The van der Waals surface area contributed by atoms with E-state index < -0.39 is 0 Å². The van der Waals surface area contributed by atoms with Crippen molar-refractivity contribution < 1.29 is 19.0 Å². The van der Waals surface area contributed by atoms with Crippen molar-refractivity contribution in [1.29, 1.82) is 0 Å². The Bertz CT molecular complexity index is 1140. The molecule has 0 saturated heterocycles. The summed E-state index contributed by atoms with van der Waals surface area (Å²) in [5.41, 5.74) is 2.27. The Kier molecular flexibility index (Phi) is 8.46. The van der Waals surface area contributed by atoms with Crippen molar-refractivity contribution in [2.75, 3.05) is 27.9 Å². The van der Waals surface area contributed by atoms with E-state index in [4.69, 9.17) is 14.2 Å². The second-order valence-corrected chi connectivity index (χ2v) is 7.37. The normalized spacial score (nSPS) is 10.5. The van der Waals surface area contributed by atoms with Gasteiger partial charge in [-0.3, -0.25) is 9.59 Å². The van der Waals surface area contributed by atoms with E-state index in [0.29, 0.717) is 49.5 Å². The van der Waals surface area contributed by atoms with Gasteiger partial charge >= 0.3 is 0 Å². The predicted octanol–water partition coefficient (Wildman–Crippen LogP) is 3.08. The molecule has 0 aliphatic carbocycles. The van der Waals surface area contributed by atoms with E-state index in [0.717, 1.165) is 16.9 Å². The van der Waals surface area contributed by atoms with Crippen molar-refractivity contribution in [3.8, 4) is 28.5 Å². The summed E-state index contributed by atoms with van der Waals surface area (Å²) < 4.78 is 17.3. The number of carbonyl (C=O) groups excluding carboxylic acids is 1. The fourth-order valence-electron chi connectivity index (χ4n) is 3.48. The summed E-state index contributed by atoms with van der Waals surface area (Å²) in [4.78, 5) is 24.4. The number of nitrogens with zero attached hydrogens (tertiary/aromatic N) is 2. The first-order valence-corrected chi connectivity index (χ1v) is 10.7. The van der Waals surface area contributed by atoms with Crippen molar-refractivity contribution >= 4 is 5.91 Å². The number of nitrogens with one attached hydrogen (secondary N) is 1. The van der Waals surface area contributed by atoms with E-state index >= 15 is 0 Å². The monoisotopic (exact) mass is 451 g/mol. The highest BCUT2D eigenvalue weighted by Gasteiger charge is 2.10. The van der Waals surface area contributed by atoms with Gasteiger partial charge in [-0.2, -0.15) is 5.10 Å². The number of benzene rings is 2. The van der Waals surface area contributed by atoms with Crippen LogP contribution >= 0.6 is 0 Å². The third kappa shape index (κ3) is 6.35. The molecule has 0 bridgehead atoms. The number of hydrogen-bond acceptors (Lipinski definition) is 6. The Morgan fingerprint density at radius 1 is 0.939 bits per heavy atom. The van der Waals surface area contributed by atoms with Gasteiger partial charge in [-0.05, 0) is 48.7 Å². The Morgan fingerprint density at radius 2 is 1.70 bits per heavy atom. The van der Waals surface area contributed by atoms with Crippen LogP contribution < -0.4 is 25.1 Å². The van der Waals surface area contributed by atoms with Crippen molar-refractivity contribution in [2.45, 2.75) is 25.8 Å². The van der Waals surface area contributed by atoms with Gasteiger partial charge in [-0.25, -0.2) is 4.68 Å². The number of ether oxygens (including phenoxy) is 3. The first kappa shape index (κ1) is 23.8. The zero-order chi connectivity index (χ0) is 23.6. The SMILES string of the molecule is COc1ccccc1CCNC(=O)CCCn1nc(-c2ccc(OC)c(OC)c2)ccc1=O. The average molecular weight is 452 g/mol. The fourth-order valence-corrected chi connectivity index (χ4v) is 3.48. The number of hydrogen-bond donors (Lipinski definition) is 1. The lowest BCUT2D eigenvalue weighted by Crippen LogP contribution is -2.27. The molecule has 3 rings (SSSR count). The summed E-state index contributed by atoms with van der Waals surface area (Å²) in [6.07, 6.45) is 1.49. The lowest BCUT2D eigenvalue weighted by Gasteiger charge is -2.11. The summed E-state index contributed by atoms with van der Waals surface area (Å²) >= 11 is 0. The van der Waals surface area contributed by atoms with E-state index in [1.807, 2.05) is 36.4 Å². The molecule has 8 heteroatoms. The quantitative estimate of drug-likeness (QED) is 0.482. The summed E-state index contributed by atoms with van der Waals surface area (Å²) in [6, 6.07) is 16.3. The second-order valence-electron chi connectivity index (χ2n) is 7.37. The molecule has 1 N–H and O–H groups in total. The third-order valence-corrected chi connectivity index (χ3v) is 5.23. The molecule has 0 aliphatic rings. The van der Waals surface area contributed by atoms with Crippen LogP contribution in [0.4, 0.5) is 0 Å². The van der Waals surface area contributed by atoms with Gasteiger partial charge in [0.15, 0.2) is 11.5 Å². The maximum atomic E-state index is 12.2. The van der Waals surface area contributed by atoms with Crippen LogP contribution in [0.5, 0.6) is 17.2 Å². The minimum Gasteiger partial charge on any atom is -0.496 e. The van der Waals surface area contributed by atoms with Crippen LogP contribution in [-0.2, 0) is 17.8 Å². The number of rotatable bonds is 11. The first-order valence-electron chi connectivity index (χ1n) is 10.7. The maximum absolute atomic E-state index is 12.2. The van der Waals surface area contributed by atoms with Gasteiger partial charge in [-0.1, -0.05) is 18.2 Å². The summed E-state index contributed by atoms with van der Waals surface area (Å²) in [5, 5.41) is 7.37. The molecular formula is C25H29N3O5. The van der Waals surface area contributed by atoms with Crippen LogP contribution in [0.25, 0.3) is 11.3 Å². The molecule has 0 aliphatic heterocycles. The van der Waals surface area contributed by atoms with Gasteiger partial charge in [0.2, 0.25) is 5.91 Å². The Labute approximate surface area is 193 Å². The van der Waals surface area contributed by atoms with E-state index in [1.54, 1.807) is 33.5 Å². The third-order valence-electron chi connectivity index (χ3n) is 5.23. The largest absolute Gasteiger partial charge is 0.496 e. The number of amides is 1. The number of methoxy groups -OCH3 is 3. The molecule has 33 heavy (non-hydrogen) atoms. The smallest absolute Gasteiger partial charge is 0.266 e. The van der Waals surface area contributed by atoms with Crippen LogP contribution in [0.1, 0.15) is 18.4 Å². The molecule has 1 amide bonds. The topological polar surface area (TPSA) is 91.7 Å². The van der Waals surface area contributed by atoms with Crippen molar-refractivity contribution in [3.05, 3.63) is 70.5 Å². The van der Waals surface area contributed by atoms with Crippen LogP contribution in [0, 0.1) is 0 Å². The van der Waals surface area contributed by atoms with Gasteiger partial charge in [0.1, 0.15) is 5.75 Å². The molecule has 174 valence electrons. The Morgan fingerprint density at radius 3 is 2.45 bits per heavy atom. The first-order chi connectivity index (χ1) is 16.0. The van der Waals surface area contributed by atoms with E-state index in [9.17, 15) is 9.59 Å². The molecule has 1 heterocycles. The van der Waals surface area contributed by atoms with Crippen LogP contribution in [0.15, 0.2) is 59.4 Å². The molecule has 8 nitrogen and oxygen atoms in total. The average Bonchev–Trinajstić information content (AvgIpc) is 2.85. The van der Waals surface area contributed by atoms with Gasteiger partial charge in [0.25, 0.3) is 5.56 Å². The van der Waals surface area contributed by atoms with Crippen LogP contribution in [-0.4, -0.2) is 43.6 Å². The van der Waals surface area contributed by atoms with Crippen molar-refractivity contribution in [1.82, 2.24) is 15.1 Å². The molecule has 0 radical (unpaired) electrons. The fraction of sp³-hybridized carbons (Fsp3) is 0.320. The highest BCUT2D eigenvalue weighted by Crippen LogP contribution is 2.31. The van der Waals surface area contributed by atoms with Gasteiger partial charge < -0.3 is 19.5 Å². The maximum Gasteiger partial charge on any atom is 0.266 e. The standard InChI is InChI=1S/C25H29N3O5/c1-31-21-8-5-4-7-18(21)14-15-26-24(29)9-6-16-28-25(30)13-11-20(27-28)19-10-12-22(32-2)23(17-19)33-3/h4-5,7-8,10-13,17H,6,9,14-16H2,1-3H3,(H,26,29). The highest BCUT2D eigenvalue weighted by atomic mass is 16.5. The summed E-state index contributed by atoms with van der Waals surface area (Å²) in [7, 11) is 4.77. The lowest BCUT2D eigenvalue weighted by atomic mass is 10.1. The van der Waals surface area contributed by atoms with E-state index in [1.165, 1.54) is 10.7 Å². The van der Waals surface area contributed by atoms with Crippen molar-refractivity contribution in [3.63, 3.8) is 0 Å². The minimum absolute atomic E-state index is 0.0611. The van der Waals surface area contributed by atoms with Gasteiger partial charge in [0.05, 0.1) is 27.0 Å². The molecule has 0 fully saturated rings. The zero-order valence-electron chi connectivity index (χ0n) is 19.2. The zero-order valence-corrected chi connectivity index (χ0v) is 19.2. The molecule has 0 atom stereocenters. The lowest BCUT2D eigenvalue weighted by molar-refractivity contribution is -0.121. The summed E-state index contributed by atoms with van der Waals surface area (Å²) in [5.74, 6) is 1.95. The predicted molar refractivity (Wildman–Crippen MR) is 126 cm³/mol. The highest BCUT2D eigenvalue weighted by molar-refractivity contribution is 5.75. The van der Waals surface area contributed by atoms with Crippen LogP contribution in [0.2, 0.25) is 0 Å². The number of aryl methyl sites for hydroxylation is 1. The molecule has 0 spiro atoms. The van der Waals surface area contributed by atoms with Gasteiger partial charge in [0, 0.05) is 31.1 Å². The number of carbonyl (C=O) groups is 1. The minimum atomic E-state index is -0.212. The molecule has 0 saturated carbocycles. The van der Waals surface area contributed by atoms with E-state index in [-0.39, 0.29) is 11.5 Å². The molecule has 1 aromatic heterocycles. The number of aromatic nitrogens is 2. The summed E-state index contributed by atoms with van der Waals surface area (Å²) in [6.45, 7) is 0.867. The second kappa shape index (κ2) is 11.7. The Balaban J connectivity index is 1.54. The molecule has 0 unspecified atom stereocenters. The molecule has 2 aromatic carbocycles. The van der Waals surface area contributed by atoms with Crippen molar-refractivity contribution in [2.24, 2.45) is 0 Å². The van der Waals surface area contributed by atoms with Gasteiger partial charge in [-0.15, -0.1) is 0 Å². The van der Waals surface area contributed by atoms with E-state index in [2.05, 4.69) is 10.4 Å². The number of para-hydroxylation sites is 1. The Hall–Kier alpha value is -3.81. The van der Waals surface area contributed by atoms with Crippen LogP contribution in [0.3, 0.4) is 0 Å². The molecular weight excluding hydrogens is 422 g/mol.